The van der Waals surface area contributed by atoms with Crippen molar-refractivity contribution < 1.29 is 14.6 Å². The van der Waals surface area contributed by atoms with Gasteiger partial charge in [0.1, 0.15) is 11.5 Å². The molecule has 0 bridgehead atoms. The highest BCUT2D eigenvalue weighted by atomic mass is 16.5. The van der Waals surface area contributed by atoms with Crippen LogP contribution in [0.2, 0.25) is 0 Å². The number of phenolic OH excluding ortho intramolecular Hbond substituents is 1. The second kappa shape index (κ2) is 9.59. The molecule has 6 nitrogen and oxygen atoms in total. The molecule has 6 heteroatoms. The van der Waals surface area contributed by atoms with Crippen molar-refractivity contribution in [1.82, 2.24) is 9.80 Å². The minimum Gasteiger partial charge on any atom is -0.508 e. The molecule has 0 saturated carbocycles. The maximum atomic E-state index is 12.6. The van der Waals surface area contributed by atoms with Crippen LogP contribution in [0.5, 0.6) is 11.5 Å². The van der Waals surface area contributed by atoms with Gasteiger partial charge in [-0.15, -0.1) is 0 Å². The summed E-state index contributed by atoms with van der Waals surface area (Å²) in [6, 6.07) is 15.7. The number of methoxy groups -OCH3 is 1. The number of hydrogen-bond donors (Lipinski definition) is 2. The van der Waals surface area contributed by atoms with Crippen molar-refractivity contribution in [1.29, 1.82) is 0 Å². The van der Waals surface area contributed by atoms with Gasteiger partial charge in [-0.05, 0) is 53.9 Å². The number of hydrogen-bond acceptors (Lipinski definition) is 5. The number of para-hydroxylation sites is 1. The molecule has 0 aromatic heterocycles. The molecular formula is C26H31N3O3. The number of aromatic hydroxyl groups is 1. The van der Waals surface area contributed by atoms with E-state index >= 15 is 0 Å². The molecule has 0 spiro atoms. The highest BCUT2D eigenvalue weighted by molar-refractivity contribution is 5.93. The normalized spacial score (nSPS) is 15.1. The average Bonchev–Trinajstić information content (AvgIpc) is 2.79. The third-order valence-corrected chi connectivity index (χ3v) is 6.27. The zero-order valence-corrected chi connectivity index (χ0v) is 19.0. The molecule has 0 aliphatic carbocycles. The van der Waals surface area contributed by atoms with E-state index in [2.05, 4.69) is 15.1 Å². The standard InChI is InChI=1S/C26H31N3O3/c1-18-5-4-6-19(2)26(18)27-25(31)17-29-13-11-28(12-14-29)16-23-22-15-21(32-3)9-7-20(22)8-10-24(23)30/h4-10,15,30H,11-14,16-17H2,1-3H3,(H,27,31). The SMILES string of the molecule is COc1ccc2ccc(O)c(CN3CCN(CC(=O)Nc4c(C)cccc4C)CC3)c2c1. The number of amides is 1. The van der Waals surface area contributed by atoms with Gasteiger partial charge in [-0.3, -0.25) is 14.6 Å². The van der Waals surface area contributed by atoms with Crippen LogP contribution in [0.1, 0.15) is 16.7 Å². The van der Waals surface area contributed by atoms with E-state index in [9.17, 15) is 9.90 Å². The van der Waals surface area contributed by atoms with Crippen LogP contribution in [0.3, 0.4) is 0 Å². The second-order valence-corrected chi connectivity index (χ2v) is 8.52. The lowest BCUT2D eigenvalue weighted by molar-refractivity contribution is -0.117. The van der Waals surface area contributed by atoms with Gasteiger partial charge in [0.2, 0.25) is 5.91 Å². The number of nitrogens with one attached hydrogen (secondary N) is 1. The molecule has 168 valence electrons. The monoisotopic (exact) mass is 433 g/mol. The molecule has 1 aliphatic rings. The first kappa shape index (κ1) is 22.1. The van der Waals surface area contributed by atoms with E-state index in [1.807, 2.05) is 56.3 Å². The molecule has 1 aliphatic heterocycles. The fraction of sp³-hybridized carbons (Fsp3) is 0.346. The van der Waals surface area contributed by atoms with Gasteiger partial charge in [-0.1, -0.05) is 30.3 Å². The van der Waals surface area contributed by atoms with Gasteiger partial charge in [0.25, 0.3) is 0 Å². The summed E-state index contributed by atoms with van der Waals surface area (Å²) in [5, 5.41) is 15.7. The van der Waals surface area contributed by atoms with E-state index in [0.29, 0.717) is 18.8 Å². The van der Waals surface area contributed by atoms with Crippen LogP contribution >= 0.6 is 0 Å². The van der Waals surface area contributed by atoms with Gasteiger partial charge < -0.3 is 15.2 Å². The number of rotatable bonds is 6. The largest absolute Gasteiger partial charge is 0.508 e. The topological polar surface area (TPSA) is 65.0 Å². The van der Waals surface area contributed by atoms with Gasteiger partial charge >= 0.3 is 0 Å². The molecule has 0 unspecified atom stereocenters. The van der Waals surface area contributed by atoms with Crippen LogP contribution in [-0.4, -0.2) is 60.6 Å². The number of carbonyl (C=O) groups excluding carboxylic acids is 1. The van der Waals surface area contributed by atoms with Gasteiger partial charge in [0.15, 0.2) is 0 Å². The molecule has 0 atom stereocenters. The van der Waals surface area contributed by atoms with Crippen molar-refractivity contribution in [3.63, 3.8) is 0 Å². The van der Waals surface area contributed by atoms with Crippen LogP contribution in [0, 0.1) is 13.8 Å². The summed E-state index contributed by atoms with van der Waals surface area (Å²) in [7, 11) is 1.65. The zero-order valence-electron chi connectivity index (χ0n) is 19.0. The lowest BCUT2D eigenvalue weighted by atomic mass is 10.0. The Morgan fingerprint density at radius 1 is 1.00 bits per heavy atom. The molecule has 32 heavy (non-hydrogen) atoms. The van der Waals surface area contributed by atoms with Crippen LogP contribution in [-0.2, 0) is 11.3 Å². The van der Waals surface area contributed by atoms with Crippen LogP contribution < -0.4 is 10.1 Å². The van der Waals surface area contributed by atoms with Crippen LogP contribution in [0.25, 0.3) is 10.8 Å². The minimum absolute atomic E-state index is 0.0228. The number of ether oxygens (including phenoxy) is 1. The molecule has 2 N–H and O–H groups in total. The number of piperazine rings is 1. The van der Waals surface area contributed by atoms with Gasteiger partial charge in [-0.25, -0.2) is 0 Å². The third kappa shape index (κ3) is 4.87. The number of carbonyl (C=O) groups is 1. The Bertz CT molecular complexity index is 1100. The van der Waals surface area contributed by atoms with Gasteiger partial charge in [0.05, 0.1) is 13.7 Å². The van der Waals surface area contributed by atoms with E-state index in [4.69, 9.17) is 4.74 Å². The van der Waals surface area contributed by atoms with Crippen molar-refractivity contribution in [2.75, 3.05) is 45.2 Å². The predicted octanol–water partition coefficient (Wildman–Crippen LogP) is 3.93. The lowest BCUT2D eigenvalue weighted by Crippen LogP contribution is -2.48. The van der Waals surface area contributed by atoms with E-state index in [1.165, 1.54) is 0 Å². The molecular weight excluding hydrogens is 402 g/mol. The smallest absolute Gasteiger partial charge is 0.238 e. The summed E-state index contributed by atoms with van der Waals surface area (Å²) in [5.74, 6) is 1.11. The van der Waals surface area contributed by atoms with Crippen molar-refractivity contribution in [2.45, 2.75) is 20.4 Å². The Morgan fingerprint density at radius 3 is 2.34 bits per heavy atom. The highest BCUT2D eigenvalue weighted by Gasteiger charge is 2.21. The predicted molar refractivity (Wildman–Crippen MR) is 128 cm³/mol. The second-order valence-electron chi connectivity index (χ2n) is 8.52. The van der Waals surface area contributed by atoms with Gasteiger partial charge in [-0.2, -0.15) is 0 Å². The summed E-state index contributed by atoms with van der Waals surface area (Å²) >= 11 is 0. The van der Waals surface area contributed by atoms with E-state index in [0.717, 1.165) is 65.1 Å². The summed E-state index contributed by atoms with van der Waals surface area (Å²) in [5.41, 5.74) is 3.99. The van der Waals surface area contributed by atoms with Crippen LogP contribution in [0.15, 0.2) is 48.5 Å². The molecule has 3 aromatic rings. The van der Waals surface area contributed by atoms with E-state index < -0.39 is 0 Å². The minimum atomic E-state index is 0.0228. The van der Waals surface area contributed by atoms with Crippen molar-refractivity contribution in [3.05, 3.63) is 65.2 Å². The average molecular weight is 434 g/mol. The zero-order chi connectivity index (χ0) is 22.7. The van der Waals surface area contributed by atoms with Crippen molar-refractivity contribution in [2.24, 2.45) is 0 Å². The Morgan fingerprint density at radius 2 is 1.66 bits per heavy atom. The first-order valence-electron chi connectivity index (χ1n) is 11.0. The summed E-state index contributed by atoms with van der Waals surface area (Å²) < 4.78 is 5.38. The van der Waals surface area contributed by atoms with Crippen molar-refractivity contribution >= 4 is 22.4 Å². The number of nitrogens with zero attached hydrogens (tertiary/aromatic N) is 2. The van der Waals surface area contributed by atoms with Gasteiger partial charge in [0, 0.05) is 44.0 Å². The molecule has 1 heterocycles. The van der Waals surface area contributed by atoms with Crippen molar-refractivity contribution in [3.8, 4) is 11.5 Å². The quantitative estimate of drug-likeness (QED) is 0.617. The molecule has 1 amide bonds. The third-order valence-electron chi connectivity index (χ3n) is 6.27. The molecule has 4 rings (SSSR count). The number of anilines is 1. The Labute approximate surface area is 189 Å². The lowest BCUT2D eigenvalue weighted by Gasteiger charge is -2.34. The van der Waals surface area contributed by atoms with E-state index in [1.54, 1.807) is 13.2 Å². The Balaban J connectivity index is 1.36. The van der Waals surface area contributed by atoms with E-state index in [-0.39, 0.29) is 5.91 Å². The number of benzene rings is 3. The molecule has 1 fully saturated rings. The molecule has 0 radical (unpaired) electrons. The highest BCUT2D eigenvalue weighted by Crippen LogP contribution is 2.31. The van der Waals surface area contributed by atoms with Crippen LogP contribution in [0.4, 0.5) is 5.69 Å². The summed E-state index contributed by atoms with van der Waals surface area (Å²) in [6.07, 6.45) is 0. The molecule has 1 saturated heterocycles. The Hall–Kier alpha value is -3.09. The summed E-state index contributed by atoms with van der Waals surface area (Å²) in [4.78, 5) is 17.1. The fourth-order valence-electron chi connectivity index (χ4n) is 4.37. The number of aryl methyl sites for hydroxylation is 2. The fourth-order valence-corrected chi connectivity index (χ4v) is 4.37. The summed E-state index contributed by atoms with van der Waals surface area (Å²) in [6.45, 7) is 8.40. The first-order chi connectivity index (χ1) is 15.4. The Kier molecular flexibility index (Phi) is 6.63. The first-order valence-corrected chi connectivity index (χ1v) is 11.0. The maximum Gasteiger partial charge on any atom is 0.238 e. The number of phenols is 1. The maximum absolute atomic E-state index is 12.6. The number of fused-ring (bicyclic) bond motifs is 1. The molecule has 3 aromatic carbocycles.